The highest BCUT2D eigenvalue weighted by Gasteiger charge is 2.23. The number of allylic oxidation sites excluding steroid dienone is 2. The molecule has 3 aromatic rings. The summed E-state index contributed by atoms with van der Waals surface area (Å²) in [6.07, 6.45) is 3.02. The number of nitrogens with zero attached hydrogens (tertiary/aromatic N) is 1. The summed E-state index contributed by atoms with van der Waals surface area (Å²) >= 11 is 0. The van der Waals surface area contributed by atoms with Crippen LogP contribution in [0.3, 0.4) is 0 Å². The molecular formula is C24H20N2O3. The molecule has 144 valence electrons. The molecule has 0 radical (unpaired) electrons. The maximum absolute atomic E-state index is 12.2. The van der Waals surface area contributed by atoms with E-state index < -0.39 is 0 Å². The molecule has 3 aromatic carbocycles. The smallest absolute Gasteiger partial charge is 0.188 e. The van der Waals surface area contributed by atoms with Crippen molar-refractivity contribution in [3.63, 3.8) is 0 Å². The summed E-state index contributed by atoms with van der Waals surface area (Å²) in [6, 6.07) is 18.7. The Balaban J connectivity index is 1.66. The zero-order valence-electron chi connectivity index (χ0n) is 15.9. The zero-order chi connectivity index (χ0) is 20.4. The van der Waals surface area contributed by atoms with Crippen molar-refractivity contribution in [3.8, 4) is 22.6 Å². The van der Waals surface area contributed by atoms with Crippen molar-refractivity contribution in [2.45, 2.75) is 6.92 Å². The van der Waals surface area contributed by atoms with E-state index in [4.69, 9.17) is 10.5 Å². The summed E-state index contributed by atoms with van der Waals surface area (Å²) in [5.41, 5.74) is 10.3. The van der Waals surface area contributed by atoms with E-state index in [9.17, 15) is 9.90 Å². The number of nitrogen functional groups attached to an aromatic ring is 1. The Morgan fingerprint density at radius 3 is 2.21 bits per heavy atom. The first-order valence-electron chi connectivity index (χ1n) is 9.33. The molecule has 0 aromatic heterocycles. The van der Waals surface area contributed by atoms with E-state index in [-0.39, 0.29) is 17.1 Å². The maximum Gasteiger partial charge on any atom is 0.188 e. The molecule has 0 atom stereocenters. The minimum absolute atomic E-state index is 0.0170. The molecule has 5 heteroatoms. The van der Waals surface area contributed by atoms with Gasteiger partial charge in [0.1, 0.15) is 11.5 Å². The fraction of sp³-hybridized carbons (Fsp3) is 0.0833. The van der Waals surface area contributed by atoms with Crippen LogP contribution in [0.4, 0.5) is 11.4 Å². The van der Waals surface area contributed by atoms with Gasteiger partial charge in [-0.2, -0.15) is 0 Å². The molecule has 3 N–H and O–H groups in total. The van der Waals surface area contributed by atoms with Crippen molar-refractivity contribution >= 4 is 22.9 Å². The Bertz CT molecular complexity index is 1130. The molecule has 5 nitrogen and oxygen atoms in total. The molecule has 0 heterocycles. The topological polar surface area (TPSA) is 84.9 Å². The van der Waals surface area contributed by atoms with Crippen molar-refractivity contribution in [2.75, 3.05) is 12.3 Å². The van der Waals surface area contributed by atoms with E-state index in [1.807, 2.05) is 55.5 Å². The summed E-state index contributed by atoms with van der Waals surface area (Å²) < 4.78 is 5.48. The van der Waals surface area contributed by atoms with E-state index in [0.29, 0.717) is 29.3 Å². The maximum atomic E-state index is 12.2. The molecule has 0 bridgehead atoms. The second-order valence-electron chi connectivity index (χ2n) is 6.62. The third kappa shape index (κ3) is 3.62. The predicted molar refractivity (Wildman–Crippen MR) is 115 cm³/mol. The SMILES string of the molecule is CCOc1ccc(-c2ccc(N=C3C=CC(=O)c4c(N)ccc(O)c43)cc2)cc1. The van der Waals surface area contributed by atoms with Crippen LogP contribution in [0.1, 0.15) is 22.8 Å². The van der Waals surface area contributed by atoms with Crippen molar-refractivity contribution in [2.24, 2.45) is 4.99 Å². The van der Waals surface area contributed by atoms with Crippen LogP contribution in [0.15, 0.2) is 77.8 Å². The molecule has 0 amide bonds. The number of phenolic OH excluding ortho intramolecular Hbond substituents is 1. The third-order valence-corrected chi connectivity index (χ3v) is 4.73. The lowest BCUT2D eigenvalue weighted by molar-refractivity contribution is 0.104. The number of ketones is 1. The fourth-order valence-corrected chi connectivity index (χ4v) is 3.32. The van der Waals surface area contributed by atoms with Gasteiger partial charge in [-0.3, -0.25) is 4.79 Å². The molecule has 0 fully saturated rings. The molecule has 0 unspecified atom stereocenters. The summed E-state index contributed by atoms with van der Waals surface area (Å²) in [4.78, 5) is 16.8. The first-order chi connectivity index (χ1) is 14.1. The lowest BCUT2D eigenvalue weighted by Crippen LogP contribution is -2.15. The van der Waals surface area contributed by atoms with E-state index in [0.717, 1.165) is 16.9 Å². The van der Waals surface area contributed by atoms with Crippen molar-refractivity contribution in [3.05, 3.63) is 83.9 Å². The number of phenols is 1. The zero-order valence-corrected chi connectivity index (χ0v) is 15.9. The Labute approximate surface area is 168 Å². The Hall–Kier alpha value is -3.86. The molecule has 1 aliphatic rings. The standard InChI is InChI=1S/C24H20N2O3/c1-2-29-18-9-5-16(6-10-18)15-3-7-17(8-4-15)26-20-12-14-21(27)23-19(25)11-13-22(28)24(20)23/h3-14,28H,2,25H2,1H3. The van der Waals surface area contributed by atoms with Crippen LogP contribution in [0.5, 0.6) is 11.5 Å². The van der Waals surface area contributed by atoms with Crippen LogP contribution in [-0.2, 0) is 0 Å². The van der Waals surface area contributed by atoms with Gasteiger partial charge in [0.25, 0.3) is 0 Å². The third-order valence-electron chi connectivity index (χ3n) is 4.73. The number of fused-ring (bicyclic) bond motifs is 1. The number of nitrogens with two attached hydrogens (primary N) is 1. The second-order valence-corrected chi connectivity index (χ2v) is 6.62. The predicted octanol–water partition coefficient (Wildman–Crippen LogP) is 4.91. The average Bonchev–Trinajstić information content (AvgIpc) is 2.73. The van der Waals surface area contributed by atoms with E-state index in [1.54, 1.807) is 6.08 Å². The highest BCUT2D eigenvalue weighted by molar-refractivity contribution is 6.27. The van der Waals surface area contributed by atoms with Gasteiger partial charge in [0, 0.05) is 5.69 Å². The second kappa shape index (κ2) is 7.64. The van der Waals surface area contributed by atoms with Gasteiger partial charge in [0.2, 0.25) is 0 Å². The highest BCUT2D eigenvalue weighted by Crippen LogP contribution is 2.32. The van der Waals surface area contributed by atoms with Gasteiger partial charge < -0.3 is 15.6 Å². The van der Waals surface area contributed by atoms with Crippen molar-refractivity contribution in [1.82, 2.24) is 0 Å². The number of anilines is 1. The number of aliphatic imine (C=N–C) groups is 1. The van der Waals surface area contributed by atoms with Crippen LogP contribution in [0.2, 0.25) is 0 Å². The van der Waals surface area contributed by atoms with Crippen LogP contribution in [0, 0.1) is 0 Å². The van der Waals surface area contributed by atoms with E-state index in [1.165, 1.54) is 18.2 Å². The molecule has 0 saturated carbocycles. The van der Waals surface area contributed by atoms with Crippen LogP contribution < -0.4 is 10.5 Å². The van der Waals surface area contributed by atoms with Gasteiger partial charge in [0.15, 0.2) is 5.78 Å². The normalized spacial score (nSPS) is 14.1. The molecule has 0 aliphatic heterocycles. The highest BCUT2D eigenvalue weighted by atomic mass is 16.5. The molecule has 4 rings (SSSR count). The van der Waals surface area contributed by atoms with Crippen LogP contribution in [0.25, 0.3) is 11.1 Å². The van der Waals surface area contributed by atoms with Crippen molar-refractivity contribution in [1.29, 1.82) is 0 Å². The Morgan fingerprint density at radius 2 is 1.55 bits per heavy atom. The Morgan fingerprint density at radius 1 is 0.897 bits per heavy atom. The summed E-state index contributed by atoms with van der Waals surface area (Å²) in [7, 11) is 0. The number of benzene rings is 3. The number of ether oxygens (including phenoxy) is 1. The summed E-state index contributed by atoms with van der Waals surface area (Å²) in [5, 5.41) is 10.3. The van der Waals surface area contributed by atoms with Crippen LogP contribution in [-0.4, -0.2) is 23.2 Å². The van der Waals surface area contributed by atoms with Crippen molar-refractivity contribution < 1.29 is 14.6 Å². The number of hydrogen-bond donors (Lipinski definition) is 2. The monoisotopic (exact) mass is 384 g/mol. The van der Waals surface area contributed by atoms with Gasteiger partial charge in [-0.1, -0.05) is 24.3 Å². The lowest BCUT2D eigenvalue weighted by Gasteiger charge is -2.16. The summed E-state index contributed by atoms with van der Waals surface area (Å²) in [5.74, 6) is 0.588. The first kappa shape index (κ1) is 18.5. The molecule has 0 saturated heterocycles. The molecule has 1 aliphatic carbocycles. The summed E-state index contributed by atoms with van der Waals surface area (Å²) in [6.45, 7) is 2.59. The largest absolute Gasteiger partial charge is 0.507 e. The first-order valence-corrected chi connectivity index (χ1v) is 9.33. The van der Waals surface area contributed by atoms with Gasteiger partial charge >= 0.3 is 0 Å². The van der Waals surface area contributed by atoms with Crippen LogP contribution >= 0.6 is 0 Å². The Kier molecular flexibility index (Phi) is 4.87. The molecule has 0 spiro atoms. The van der Waals surface area contributed by atoms with Gasteiger partial charge in [-0.05, 0) is 66.6 Å². The quantitative estimate of drug-likeness (QED) is 0.494. The number of rotatable bonds is 4. The lowest BCUT2D eigenvalue weighted by atomic mass is 9.92. The number of carbonyl (C=O) groups excluding carboxylic acids is 1. The number of aromatic hydroxyl groups is 1. The van der Waals surface area contributed by atoms with Gasteiger partial charge in [-0.15, -0.1) is 0 Å². The van der Waals surface area contributed by atoms with E-state index >= 15 is 0 Å². The van der Waals surface area contributed by atoms with E-state index in [2.05, 4.69) is 4.99 Å². The van der Waals surface area contributed by atoms with Gasteiger partial charge in [0.05, 0.1) is 29.1 Å². The molecule has 29 heavy (non-hydrogen) atoms. The fourth-order valence-electron chi connectivity index (χ4n) is 3.32. The number of carbonyl (C=O) groups is 1. The minimum Gasteiger partial charge on any atom is -0.507 e. The average molecular weight is 384 g/mol. The molecular weight excluding hydrogens is 364 g/mol. The minimum atomic E-state index is -0.238. The number of hydrogen-bond acceptors (Lipinski definition) is 5. The van der Waals surface area contributed by atoms with Gasteiger partial charge in [-0.25, -0.2) is 4.99 Å².